The van der Waals surface area contributed by atoms with Gasteiger partial charge in [0.15, 0.2) is 0 Å². The first-order chi connectivity index (χ1) is 18.3. The highest BCUT2D eigenvalue weighted by atomic mass is 16.5. The third-order valence-corrected chi connectivity index (χ3v) is 6.55. The number of rotatable bonds is 10. The number of benzene rings is 2. The monoisotopic (exact) mass is 515 g/mol. The zero-order valence-electron chi connectivity index (χ0n) is 22.2. The number of anilines is 1. The van der Waals surface area contributed by atoms with E-state index in [1.807, 2.05) is 26.0 Å². The van der Waals surface area contributed by atoms with Gasteiger partial charge in [-0.2, -0.15) is 0 Å². The molecule has 3 aromatic rings. The fraction of sp³-hybridized carbons (Fsp3) is 0.333. The molecule has 1 aromatic heterocycles. The number of hydrogen-bond donors (Lipinski definition) is 1. The minimum Gasteiger partial charge on any atom is -0.494 e. The van der Waals surface area contributed by atoms with Gasteiger partial charge in [-0.05, 0) is 60.4 Å². The topological polar surface area (TPSA) is 97.8 Å². The average molecular weight is 516 g/mol. The van der Waals surface area contributed by atoms with Gasteiger partial charge in [-0.1, -0.05) is 39.3 Å². The fourth-order valence-electron chi connectivity index (χ4n) is 4.47. The van der Waals surface area contributed by atoms with Gasteiger partial charge < -0.3 is 19.7 Å². The van der Waals surface area contributed by atoms with Gasteiger partial charge in [0.2, 0.25) is 0 Å². The van der Waals surface area contributed by atoms with Crippen molar-refractivity contribution in [1.29, 1.82) is 0 Å². The summed E-state index contributed by atoms with van der Waals surface area (Å²) in [6.07, 6.45) is 3.63. The van der Waals surface area contributed by atoms with Crippen LogP contribution < -0.4 is 10.1 Å². The number of pyridine rings is 1. The minimum absolute atomic E-state index is 0.0818. The Labute approximate surface area is 223 Å². The summed E-state index contributed by atoms with van der Waals surface area (Å²) in [5.41, 5.74) is 3.93. The Morgan fingerprint density at radius 3 is 2.47 bits per heavy atom. The number of fused-ring (bicyclic) bond motifs is 1. The highest BCUT2D eigenvalue weighted by Gasteiger charge is 2.38. The van der Waals surface area contributed by atoms with E-state index >= 15 is 0 Å². The molecular formula is C30H33N3O5. The molecule has 0 spiro atoms. The van der Waals surface area contributed by atoms with Gasteiger partial charge in [-0.15, -0.1) is 0 Å². The Kier molecular flexibility index (Phi) is 8.41. The zero-order valence-corrected chi connectivity index (χ0v) is 22.2. The van der Waals surface area contributed by atoms with Crippen LogP contribution in [0.1, 0.15) is 59.9 Å². The number of unbranched alkanes of at least 4 members (excludes halogenated alkanes) is 1. The molecule has 1 N–H and O–H groups in total. The quantitative estimate of drug-likeness (QED) is 0.289. The first-order valence-corrected chi connectivity index (χ1v) is 12.8. The van der Waals surface area contributed by atoms with Crippen molar-refractivity contribution in [1.82, 2.24) is 9.88 Å². The van der Waals surface area contributed by atoms with Crippen LogP contribution in [-0.4, -0.2) is 47.4 Å². The lowest BCUT2D eigenvalue weighted by molar-refractivity contribution is -0.147. The van der Waals surface area contributed by atoms with Crippen LogP contribution in [0.3, 0.4) is 0 Å². The summed E-state index contributed by atoms with van der Waals surface area (Å²) in [5, 5.41) is 2.86. The van der Waals surface area contributed by atoms with E-state index < -0.39 is 12.0 Å². The van der Waals surface area contributed by atoms with E-state index in [1.165, 1.54) is 7.11 Å². The van der Waals surface area contributed by atoms with Crippen molar-refractivity contribution in [2.24, 2.45) is 5.92 Å². The summed E-state index contributed by atoms with van der Waals surface area (Å²) in [5.74, 6) is -0.203. The van der Waals surface area contributed by atoms with Crippen LogP contribution in [0.15, 0.2) is 60.8 Å². The lowest BCUT2D eigenvalue weighted by Crippen LogP contribution is -2.45. The molecule has 0 bridgehead atoms. The summed E-state index contributed by atoms with van der Waals surface area (Å²) in [6.45, 7) is 6.91. The van der Waals surface area contributed by atoms with Gasteiger partial charge >= 0.3 is 5.97 Å². The van der Waals surface area contributed by atoms with E-state index in [2.05, 4.69) is 17.2 Å². The summed E-state index contributed by atoms with van der Waals surface area (Å²) < 4.78 is 10.6. The van der Waals surface area contributed by atoms with Crippen molar-refractivity contribution in [3.8, 4) is 17.0 Å². The van der Waals surface area contributed by atoms with Gasteiger partial charge in [0, 0.05) is 23.2 Å². The molecule has 0 saturated carbocycles. The predicted octanol–water partition coefficient (Wildman–Crippen LogP) is 5.33. The third kappa shape index (κ3) is 5.85. The van der Waals surface area contributed by atoms with Gasteiger partial charge in [0.25, 0.3) is 11.8 Å². The lowest BCUT2D eigenvalue weighted by Gasteiger charge is -2.28. The van der Waals surface area contributed by atoms with Gasteiger partial charge in [-0.25, -0.2) is 4.79 Å². The number of nitrogens with one attached hydrogen (secondary N) is 1. The molecule has 2 amide bonds. The molecular weight excluding hydrogens is 482 g/mol. The molecule has 8 heteroatoms. The van der Waals surface area contributed by atoms with Crippen LogP contribution >= 0.6 is 0 Å². The maximum absolute atomic E-state index is 13.2. The normalized spacial score (nSPS) is 13.3. The van der Waals surface area contributed by atoms with E-state index in [0.717, 1.165) is 29.7 Å². The van der Waals surface area contributed by atoms with E-state index in [9.17, 15) is 14.4 Å². The van der Waals surface area contributed by atoms with Crippen LogP contribution in [0.2, 0.25) is 0 Å². The first-order valence-electron chi connectivity index (χ1n) is 12.8. The SMILES string of the molecule is CCCCOc1ccc(C(=O)Nc2ccc(-c3ccc4c(c3)C(=O)N([C@H](C(=O)OC)C(C)C)C4)nc2)cc1. The molecule has 0 fully saturated rings. The number of nitrogens with zero attached hydrogens (tertiary/aromatic N) is 2. The summed E-state index contributed by atoms with van der Waals surface area (Å²) >= 11 is 0. The average Bonchev–Trinajstić information content (AvgIpc) is 3.24. The Morgan fingerprint density at radius 1 is 1.08 bits per heavy atom. The van der Waals surface area contributed by atoms with E-state index in [-0.39, 0.29) is 17.7 Å². The van der Waals surface area contributed by atoms with Gasteiger partial charge in [0.05, 0.1) is 31.3 Å². The smallest absolute Gasteiger partial charge is 0.328 e. The maximum Gasteiger partial charge on any atom is 0.328 e. The molecule has 1 atom stereocenters. The maximum atomic E-state index is 13.2. The van der Waals surface area contributed by atoms with Crippen LogP contribution in [0, 0.1) is 5.92 Å². The standard InChI is InChI=1S/C30H33N3O5/c1-5-6-15-38-24-12-9-20(10-13-24)28(34)32-23-11-14-26(31-17-23)21-7-8-22-18-33(29(35)25(22)16-21)27(19(2)3)30(36)37-4/h7-14,16-17,19,27H,5-6,15,18H2,1-4H3,(H,32,34)/t27-/m0/s1. The van der Waals surface area contributed by atoms with Crippen molar-refractivity contribution < 1.29 is 23.9 Å². The second-order valence-corrected chi connectivity index (χ2v) is 9.63. The molecule has 4 rings (SSSR count). The third-order valence-electron chi connectivity index (χ3n) is 6.55. The van der Waals surface area contributed by atoms with Crippen LogP contribution in [-0.2, 0) is 16.1 Å². The van der Waals surface area contributed by atoms with Crippen molar-refractivity contribution >= 4 is 23.5 Å². The predicted molar refractivity (Wildman–Crippen MR) is 145 cm³/mol. The molecule has 0 radical (unpaired) electrons. The summed E-state index contributed by atoms with van der Waals surface area (Å²) in [6, 6.07) is 15.6. The van der Waals surface area contributed by atoms with Crippen LogP contribution in [0.5, 0.6) is 5.75 Å². The summed E-state index contributed by atoms with van der Waals surface area (Å²) in [7, 11) is 1.33. The Hall–Kier alpha value is -4.20. The number of methoxy groups -OCH3 is 1. The van der Waals surface area contributed by atoms with Gasteiger partial charge in [-0.3, -0.25) is 14.6 Å². The number of amides is 2. The zero-order chi connectivity index (χ0) is 27.2. The highest BCUT2D eigenvalue weighted by molar-refractivity contribution is 6.04. The molecule has 8 nitrogen and oxygen atoms in total. The molecule has 2 aromatic carbocycles. The molecule has 2 heterocycles. The number of ether oxygens (including phenoxy) is 2. The number of carbonyl (C=O) groups is 3. The molecule has 0 unspecified atom stereocenters. The largest absolute Gasteiger partial charge is 0.494 e. The van der Waals surface area contributed by atoms with E-state index in [0.29, 0.717) is 35.7 Å². The van der Waals surface area contributed by atoms with E-state index in [1.54, 1.807) is 53.6 Å². The van der Waals surface area contributed by atoms with Gasteiger partial charge in [0.1, 0.15) is 11.8 Å². The fourth-order valence-corrected chi connectivity index (χ4v) is 4.47. The number of esters is 1. The summed E-state index contributed by atoms with van der Waals surface area (Å²) in [4.78, 5) is 44.2. The van der Waals surface area contributed by atoms with Crippen molar-refractivity contribution in [3.63, 3.8) is 0 Å². The molecule has 1 aliphatic heterocycles. The first kappa shape index (κ1) is 26.9. The Balaban J connectivity index is 1.43. The van der Waals surface area contributed by atoms with E-state index in [4.69, 9.17) is 9.47 Å². The van der Waals surface area contributed by atoms with Crippen LogP contribution in [0.4, 0.5) is 5.69 Å². The molecule has 1 aliphatic rings. The second-order valence-electron chi connectivity index (χ2n) is 9.63. The number of aromatic nitrogens is 1. The molecule has 198 valence electrons. The second kappa shape index (κ2) is 11.9. The van der Waals surface area contributed by atoms with Crippen molar-refractivity contribution in [2.75, 3.05) is 19.0 Å². The molecule has 0 saturated heterocycles. The molecule has 38 heavy (non-hydrogen) atoms. The Bertz CT molecular complexity index is 1300. The van der Waals surface area contributed by atoms with Crippen molar-refractivity contribution in [3.05, 3.63) is 77.5 Å². The molecule has 0 aliphatic carbocycles. The minimum atomic E-state index is -0.644. The van der Waals surface area contributed by atoms with Crippen LogP contribution in [0.25, 0.3) is 11.3 Å². The Morgan fingerprint density at radius 2 is 1.84 bits per heavy atom. The van der Waals surface area contributed by atoms with Crippen molar-refractivity contribution in [2.45, 2.75) is 46.2 Å². The number of hydrogen-bond acceptors (Lipinski definition) is 6. The number of carbonyl (C=O) groups excluding carboxylic acids is 3. The highest BCUT2D eigenvalue weighted by Crippen LogP contribution is 2.31. The lowest BCUT2D eigenvalue weighted by atomic mass is 10.0.